The van der Waals surface area contributed by atoms with Crippen molar-refractivity contribution in [1.82, 2.24) is 10.3 Å². The number of benzene rings is 2. The summed E-state index contributed by atoms with van der Waals surface area (Å²) in [7, 11) is -4.22. The number of rotatable bonds is 9. The summed E-state index contributed by atoms with van der Waals surface area (Å²) in [6.07, 6.45) is 3.85. The predicted molar refractivity (Wildman–Crippen MR) is 134 cm³/mol. The fraction of sp³-hybridized carbons (Fsp3) is 0.292. The molecule has 0 aliphatic heterocycles. The second-order valence-corrected chi connectivity index (χ2v) is 10.8. The van der Waals surface area contributed by atoms with Crippen LogP contribution in [0.3, 0.4) is 0 Å². The largest absolute Gasteiger partial charge is 0.491 e. The van der Waals surface area contributed by atoms with E-state index in [4.69, 9.17) is 16.3 Å². The Bertz CT molecular complexity index is 1300. The van der Waals surface area contributed by atoms with Gasteiger partial charge in [-0.25, -0.2) is 22.2 Å². The van der Waals surface area contributed by atoms with E-state index < -0.39 is 20.7 Å². The van der Waals surface area contributed by atoms with Crippen LogP contribution < -0.4 is 14.8 Å². The highest BCUT2D eigenvalue weighted by molar-refractivity contribution is 7.92. The quantitative estimate of drug-likeness (QED) is 0.363. The maximum atomic E-state index is 14.9. The van der Waals surface area contributed by atoms with E-state index in [1.807, 2.05) is 6.92 Å². The minimum absolute atomic E-state index is 0.0341. The third-order valence-corrected chi connectivity index (χ3v) is 7.99. The Morgan fingerprint density at radius 1 is 1.23 bits per heavy atom. The lowest BCUT2D eigenvalue weighted by Crippen LogP contribution is -2.41. The first-order valence-corrected chi connectivity index (χ1v) is 13.8. The van der Waals surface area contributed by atoms with Crippen molar-refractivity contribution in [2.24, 2.45) is 5.92 Å². The molecule has 2 atom stereocenters. The van der Waals surface area contributed by atoms with Crippen LogP contribution in [0.1, 0.15) is 25.3 Å². The van der Waals surface area contributed by atoms with Gasteiger partial charge in [-0.1, -0.05) is 36.7 Å². The van der Waals surface area contributed by atoms with Crippen LogP contribution in [0, 0.1) is 17.6 Å². The molecule has 186 valence electrons. The number of halogens is 3. The highest BCUT2D eigenvalue weighted by Gasteiger charge is 2.30. The van der Waals surface area contributed by atoms with Crippen molar-refractivity contribution in [1.29, 1.82) is 0 Å². The number of thiazole rings is 1. The number of aromatic nitrogens is 1. The lowest BCUT2D eigenvalue weighted by molar-refractivity contribution is 0.236. The molecule has 3 aromatic rings. The van der Waals surface area contributed by atoms with E-state index in [2.05, 4.69) is 21.1 Å². The Labute approximate surface area is 212 Å². The van der Waals surface area contributed by atoms with Gasteiger partial charge in [0.05, 0.1) is 17.1 Å². The third kappa shape index (κ3) is 6.00. The number of nitrogens with one attached hydrogen (secondary N) is 2. The van der Waals surface area contributed by atoms with Crippen LogP contribution in [0.25, 0.3) is 5.57 Å². The molecule has 6 nitrogen and oxygen atoms in total. The highest BCUT2D eigenvalue weighted by atomic mass is 35.5. The molecule has 2 aromatic carbocycles. The Morgan fingerprint density at radius 3 is 2.69 bits per heavy atom. The summed E-state index contributed by atoms with van der Waals surface area (Å²) in [6.45, 7) is 2.94. The molecule has 11 heteroatoms. The van der Waals surface area contributed by atoms with E-state index in [0.29, 0.717) is 0 Å². The first kappa shape index (κ1) is 25.6. The highest BCUT2D eigenvalue weighted by Crippen LogP contribution is 2.36. The average Bonchev–Trinajstić information content (AvgIpc) is 3.33. The topological polar surface area (TPSA) is 80.3 Å². The van der Waals surface area contributed by atoms with Crippen LogP contribution in [0.2, 0.25) is 5.02 Å². The molecular formula is C24H24ClF2N3O3S2. The summed E-state index contributed by atoms with van der Waals surface area (Å²) >= 11 is 7.51. The standard InChI is InChI=1S/C24H24ClF2N3O3S2/c1-2-28-21-5-3-4-17(15-6-8-16(26)9-7-15)18(21)12-33-22-11-20(27)23(10-19(22)25)35(31,32)30-24-13-34-14-29-24/h4,6-11,13-14,18,21,28,30H,2-3,5,12H2,1H3. The summed E-state index contributed by atoms with van der Waals surface area (Å²) in [4.78, 5) is 3.25. The zero-order chi connectivity index (χ0) is 25.0. The molecule has 0 bridgehead atoms. The van der Waals surface area contributed by atoms with Crippen LogP contribution in [0.15, 0.2) is 58.3 Å². The van der Waals surface area contributed by atoms with Gasteiger partial charge in [-0.05, 0) is 48.7 Å². The first-order valence-electron chi connectivity index (χ1n) is 11.0. The zero-order valence-corrected chi connectivity index (χ0v) is 21.2. The predicted octanol–water partition coefficient (Wildman–Crippen LogP) is 5.73. The van der Waals surface area contributed by atoms with E-state index in [0.717, 1.165) is 42.7 Å². The van der Waals surface area contributed by atoms with E-state index in [1.165, 1.54) is 34.4 Å². The molecule has 35 heavy (non-hydrogen) atoms. The maximum Gasteiger partial charge on any atom is 0.266 e. The number of hydrogen-bond acceptors (Lipinski definition) is 6. The number of sulfonamides is 1. The van der Waals surface area contributed by atoms with Crippen LogP contribution in [0.4, 0.5) is 14.6 Å². The van der Waals surface area contributed by atoms with Crippen molar-refractivity contribution in [2.75, 3.05) is 17.9 Å². The molecule has 0 spiro atoms. The molecule has 4 rings (SSSR count). The van der Waals surface area contributed by atoms with Gasteiger partial charge in [0.15, 0.2) is 5.82 Å². The number of ether oxygens (including phenoxy) is 1. The number of hydrogen-bond donors (Lipinski definition) is 2. The monoisotopic (exact) mass is 539 g/mol. The second-order valence-electron chi connectivity index (χ2n) is 8.02. The minimum Gasteiger partial charge on any atom is -0.491 e. The van der Waals surface area contributed by atoms with E-state index in [1.54, 1.807) is 12.1 Å². The molecule has 0 saturated carbocycles. The Hall–Kier alpha value is -2.53. The van der Waals surface area contributed by atoms with Crippen LogP contribution >= 0.6 is 22.9 Å². The van der Waals surface area contributed by atoms with E-state index >= 15 is 0 Å². The number of nitrogens with zero attached hydrogens (tertiary/aromatic N) is 1. The van der Waals surface area contributed by atoms with E-state index in [9.17, 15) is 17.2 Å². The van der Waals surface area contributed by atoms with Crippen molar-refractivity contribution < 1.29 is 21.9 Å². The molecule has 0 fully saturated rings. The van der Waals surface area contributed by atoms with Gasteiger partial charge in [0.25, 0.3) is 10.0 Å². The number of allylic oxidation sites excluding steroid dienone is 1. The van der Waals surface area contributed by atoms with Crippen LogP contribution in [-0.4, -0.2) is 32.6 Å². The van der Waals surface area contributed by atoms with Gasteiger partial charge >= 0.3 is 0 Å². The van der Waals surface area contributed by atoms with Crippen molar-refractivity contribution in [3.63, 3.8) is 0 Å². The molecule has 2 unspecified atom stereocenters. The molecule has 1 aliphatic rings. The zero-order valence-electron chi connectivity index (χ0n) is 18.8. The summed E-state index contributed by atoms with van der Waals surface area (Å²) in [5, 5.41) is 4.92. The lowest BCUT2D eigenvalue weighted by atomic mass is 9.80. The first-order chi connectivity index (χ1) is 16.8. The van der Waals surface area contributed by atoms with Crippen molar-refractivity contribution in [2.45, 2.75) is 30.7 Å². The average molecular weight is 540 g/mol. The van der Waals surface area contributed by atoms with Crippen molar-refractivity contribution in [3.8, 4) is 5.75 Å². The summed E-state index contributed by atoms with van der Waals surface area (Å²) in [6, 6.07) is 8.38. The minimum atomic E-state index is -4.22. The second kappa shape index (κ2) is 11.0. The Balaban J connectivity index is 1.56. The molecule has 0 saturated heterocycles. The molecular weight excluding hydrogens is 516 g/mol. The smallest absolute Gasteiger partial charge is 0.266 e. The van der Waals surface area contributed by atoms with Gasteiger partial charge in [-0.3, -0.25) is 4.72 Å². The summed E-state index contributed by atoms with van der Waals surface area (Å²) in [5.74, 6) is -1.28. The van der Waals surface area contributed by atoms with Crippen molar-refractivity contribution >= 4 is 44.4 Å². The maximum absolute atomic E-state index is 14.9. The van der Waals surface area contributed by atoms with Gasteiger partial charge in [-0.15, -0.1) is 11.3 Å². The van der Waals surface area contributed by atoms with Crippen LogP contribution in [0.5, 0.6) is 5.75 Å². The lowest BCUT2D eigenvalue weighted by Gasteiger charge is -2.33. The van der Waals surface area contributed by atoms with Crippen LogP contribution in [-0.2, 0) is 10.0 Å². The van der Waals surface area contributed by atoms with E-state index in [-0.39, 0.29) is 41.0 Å². The van der Waals surface area contributed by atoms with Gasteiger partial charge < -0.3 is 10.1 Å². The molecule has 0 radical (unpaired) electrons. The number of anilines is 1. The molecule has 0 amide bonds. The third-order valence-electron chi connectivity index (χ3n) is 5.74. The summed E-state index contributed by atoms with van der Waals surface area (Å²) < 4.78 is 61.7. The molecule has 1 heterocycles. The van der Waals surface area contributed by atoms with Gasteiger partial charge in [0, 0.05) is 23.4 Å². The normalized spacial score (nSPS) is 18.2. The van der Waals surface area contributed by atoms with Gasteiger partial charge in [0.1, 0.15) is 22.3 Å². The molecule has 1 aliphatic carbocycles. The molecule has 1 aromatic heterocycles. The fourth-order valence-electron chi connectivity index (χ4n) is 4.14. The fourth-order valence-corrected chi connectivity index (χ4v) is 6.06. The van der Waals surface area contributed by atoms with Gasteiger partial charge in [0.2, 0.25) is 0 Å². The summed E-state index contributed by atoms with van der Waals surface area (Å²) in [5.41, 5.74) is 3.35. The Kier molecular flexibility index (Phi) is 8.05. The Morgan fingerprint density at radius 2 is 2.00 bits per heavy atom. The van der Waals surface area contributed by atoms with Crippen molar-refractivity contribution in [3.05, 3.63) is 75.6 Å². The SMILES string of the molecule is CCNC1CCC=C(c2ccc(F)cc2)C1COc1cc(F)c(S(=O)(=O)Nc2cscn2)cc1Cl. The van der Waals surface area contributed by atoms with Gasteiger partial charge in [-0.2, -0.15) is 0 Å². The molecule has 2 N–H and O–H groups in total.